The summed E-state index contributed by atoms with van der Waals surface area (Å²) >= 11 is 0. The van der Waals surface area contributed by atoms with Gasteiger partial charge in [-0.05, 0) is 32.4 Å². The van der Waals surface area contributed by atoms with Gasteiger partial charge in [-0.2, -0.15) is 0 Å². The van der Waals surface area contributed by atoms with Crippen molar-refractivity contribution in [1.82, 2.24) is 5.32 Å². The second-order valence-electron chi connectivity index (χ2n) is 6.14. The number of carbonyl (C=O) groups is 2. The molecule has 0 fully saturated rings. The standard InChI is InChI=1S/C16H22FNO5/c1-9(11-7-6-10(19)8-12(11)17)13(14(20)22-5)18-15(21)23-16(2,3)4/h6-9,13,19H,1-5H3,(H,18,21)/t9-,13-/m0/s1. The average molecular weight is 327 g/mol. The summed E-state index contributed by atoms with van der Waals surface area (Å²) in [5.41, 5.74) is -0.577. The fraction of sp³-hybridized carbons (Fsp3) is 0.500. The van der Waals surface area contributed by atoms with Crippen molar-refractivity contribution in [1.29, 1.82) is 0 Å². The van der Waals surface area contributed by atoms with E-state index in [-0.39, 0.29) is 11.3 Å². The third-order valence-electron chi connectivity index (χ3n) is 3.10. The molecule has 0 saturated carbocycles. The molecule has 2 N–H and O–H groups in total. The zero-order chi connectivity index (χ0) is 17.8. The normalized spacial score (nSPS) is 13.8. The number of benzene rings is 1. The van der Waals surface area contributed by atoms with Gasteiger partial charge in [-0.3, -0.25) is 0 Å². The molecule has 23 heavy (non-hydrogen) atoms. The van der Waals surface area contributed by atoms with E-state index in [4.69, 9.17) is 4.74 Å². The molecule has 6 nitrogen and oxygen atoms in total. The lowest BCUT2D eigenvalue weighted by atomic mass is 9.92. The van der Waals surface area contributed by atoms with Gasteiger partial charge in [0.2, 0.25) is 0 Å². The molecule has 1 rings (SSSR count). The van der Waals surface area contributed by atoms with E-state index in [1.807, 2.05) is 0 Å². The highest BCUT2D eigenvalue weighted by Gasteiger charge is 2.32. The van der Waals surface area contributed by atoms with Crippen LogP contribution in [0.2, 0.25) is 0 Å². The first-order valence-corrected chi connectivity index (χ1v) is 7.11. The summed E-state index contributed by atoms with van der Waals surface area (Å²) in [6.45, 7) is 6.61. The van der Waals surface area contributed by atoms with E-state index in [0.29, 0.717) is 0 Å². The van der Waals surface area contributed by atoms with Crippen LogP contribution < -0.4 is 5.32 Å². The predicted octanol–water partition coefficient (Wildman–Crippen LogP) is 2.70. The first-order valence-electron chi connectivity index (χ1n) is 7.11. The van der Waals surface area contributed by atoms with E-state index in [2.05, 4.69) is 10.1 Å². The molecule has 0 radical (unpaired) electrons. The van der Waals surface area contributed by atoms with Crippen LogP contribution in [0.25, 0.3) is 0 Å². The predicted molar refractivity (Wildman–Crippen MR) is 81.7 cm³/mol. The van der Waals surface area contributed by atoms with Crippen LogP contribution in [0.3, 0.4) is 0 Å². The van der Waals surface area contributed by atoms with Gasteiger partial charge in [0, 0.05) is 12.0 Å². The Morgan fingerprint density at radius 1 is 1.30 bits per heavy atom. The van der Waals surface area contributed by atoms with Gasteiger partial charge in [0.05, 0.1) is 7.11 Å². The van der Waals surface area contributed by atoms with E-state index in [9.17, 15) is 19.1 Å². The first-order chi connectivity index (χ1) is 10.5. The van der Waals surface area contributed by atoms with Gasteiger partial charge in [0.15, 0.2) is 0 Å². The molecule has 0 unspecified atom stereocenters. The largest absolute Gasteiger partial charge is 0.508 e. The average Bonchev–Trinajstić information content (AvgIpc) is 2.41. The molecule has 7 heteroatoms. The van der Waals surface area contributed by atoms with Gasteiger partial charge in [0.1, 0.15) is 23.2 Å². The Hall–Kier alpha value is -2.31. The molecule has 0 aliphatic rings. The van der Waals surface area contributed by atoms with E-state index >= 15 is 0 Å². The molecule has 0 bridgehead atoms. The summed E-state index contributed by atoms with van der Waals surface area (Å²) in [6, 6.07) is 2.46. The molecular weight excluding hydrogens is 305 g/mol. The van der Waals surface area contributed by atoms with Crippen LogP contribution in [0.5, 0.6) is 5.75 Å². The fourth-order valence-electron chi connectivity index (χ4n) is 2.01. The van der Waals surface area contributed by atoms with Crippen molar-refractivity contribution >= 4 is 12.1 Å². The van der Waals surface area contributed by atoms with Crippen molar-refractivity contribution < 1.29 is 28.6 Å². The van der Waals surface area contributed by atoms with Crippen molar-refractivity contribution in [3.63, 3.8) is 0 Å². The number of hydrogen-bond donors (Lipinski definition) is 2. The number of rotatable bonds is 4. The first kappa shape index (κ1) is 18.7. The van der Waals surface area contributed by atoms with Crippen LogP contribution in [0.1, 0.15) is 39.2 Å². The van der Waals surface area contributed by atoms with Crippen LogP contribution >= 0.6 is 0 Å². The highest BCUT2D eigenvalue weighted by Crippen LogP contribution is 2.26. The zero-order valence-electron chi connectivity index (χ0n) is 13.8. The minimum atomic E-state index is -1.13. The lowest BCUT2D eigenvalue weighted by Crippen LogP contribution is -2.46. The highest BCUT2D eigenvalue weighted by molar-refractivity contribution is 5.82. The van der Waals surface area contributed by atoms with Gasteiger partial charge in [-0.15, -0.1) is 0 Å². The molecule has 2 atom stereocenters. The number of amides is 1. The molecule has 0 aliphatic heterocycles. The van der Waals surface area contributed by atoms with Crippen LogP contribution in [0.15, 0.2) is 18.2 Å². The van der Waals surface area contributed by atoms with E-state index in [0.717, 1.165) is 6.07 Å². The van der Waals surface area contributed by atoms with Gasteiger partial charge in [-0.1, -0.05) is 13.0 Å². The summed E-state index contributed by atoms with van der Waals surface area (Å²) in [4.78, 5) is 23.8. The van der Waals surface area contributed by atoms with Crippen molar-refractivity contribution in [3.8, 4) is 5.75 Å². The van der Waals surface area contributed by atoms with Crippen LogP contribution in [-0.2, 0) is 14.3 Å². The number of phenols is 1. The molecule has 128 valence electrons. The molecule has 1 aromatic carbocycles. The molecule has 1 aromatic rings. The lowest BCUT2D eigenvalue weighted by Gasteiger charge is -2.26. The number of nitrogens with one attached hydrogen (secondary N) is 1. The minimum absolute atomic E-state index is 0.161. The number of esters is 1. The second-order valence-corrected chi connectivity index (χ2v) is 6.14. The molecule has 0 spiro atoms. The Balaban J connectivity index is 3.01. The van der Waals surface area contributed by atoms with Crippen molar-refractivity contribution in [2.24, 2.45) is 0 Å². The molecule has 0 heterocycles. The van der Waals surface area contributed by atoms with E-state index < -0.39 is 35.4 Å². The molecule has 0 saturated heterocycles. The Labute approximate surface area is 134 Å². The second kappa shape index (κ2) is 7.30. The Morgan fingerprint density at radius 2 is 1.91 bits per heavy atom. The third kappa shape index (κ3) is 5.43. The van der Waals surface area contributed by atoms with Gasteiger partial charge < -0.3 is 19.9 Å². The number of ether oxygens (including phenoxy) is 2. The van der Waals surface area contributed by atoms with Crippen molar-refractivity contribution in [3.05, 3.63) is 29.6 Å². The van der Waals surface area contributed by atoms with Crippen LogP contribution in [-0.4, -0.2) is 35.9 Å². The zero-order valence-corrected chi connectivity index (χ0v) is 13.8. The van der Waals surface area contributed by atoms with Gasteiger partial charge >= 0.3 is 12.1 Å². The quantitative estimate of drug-likeness (QED) is 0.831. The maximum Gasteiger partial charge on any atom is 0.408 e. The molecule has 1 amide bonds. The minimum Gasteiger partial charge on any atom is -0.508 e. The summed E-state index contributed by atoms with van der Waals surface area (Å²) in [5.74, 6) is -2.36. The topological polar surface area (TPSA) is 84.9 Å². The summed E-state index contributed by atoms with van der Waals surface area (Å²) < 4.78 is 23.8. The monoisotopic (exact) mass is 327 g/mol. The fourth-order valence-corrected chi connectivity index (χ4v) is 2.01. The Kier molecular flexibility index (Phi) is 5.95. The summed E-state index contributed by atoms with van der Waals surface area (Å²) in [6.07, 6.45) is -0.807. The van der Waals surface area contributed by atoms with Gasteiger partial charge in [0.25, 0.3) is 0 Å². The molecular formula is C16H22FNO5. The molecule has 0 aromatic heterocycles. The SMILES string of the molecule is COC(=O)[C@@H](NC(=O)OC(C)(C)C)[C@@H](C)c1ccc(O)cc1F. The number of alkyl carbamates (subject to hydrolysis) is 1. The number of hydrogen-bond acceptors (Lipinski definition) is 5. The van der Waals surface area contributed by atoms with Crippen LogP contribution in [0, 0.1) is 5.82 Å². The highest BCUT2D eigenvalue weighted by atomic mass is 19.1. The third-order valence-corrected chi connectivity index (χ3v) is 3.10. The van der Waals surface area contributed by atoms with Gasteiger partial charge in [-0.25, -0.2) is 14.0 Å². The number of phenolic OH excluding ortho intramolecular Hbond substituents is 1. The van der Waals surface area contributed by atoms with E-state index in [1.165, 1.54) is 19.2 Å². The lowest BCUT2D eigenvalue weighted by molar-refractivity contribution is -0.143. The summed E-state index contributed by atoms with van der Waals surface area (Å²) in [5, 5.41) is 11.7. The maximum atomic E-state index is 14.0. The Morgan fingerprint density at radius 3 is 2.39 bits per heavy atom. The Bertz CT molecular complexity index is 582. The maximum absolute atomic E-state index is 14.0. The van der Waals surface area contributed by atoms with Crippen molar-refractivity contribution in [2.75, 3.05) is 7.11 Å². The number of methoxy groups -OCH3 is 1. The number of carbonyl (C=O) groups excluding carboxylic acids is 2. The smallest absolute Gasteiger partial charge is 0.408 e. The van der Waals surface area contributed by atoms with Crippen molar-refractivity contribution in [2.45, 2.75) is 45.3 Å². The molecule has 0 aliphatic carbocycles. The summed E-state index contributed by atoms with van der Waals surface area (Å²) in [7, 11) is 1.17. The number of halogens is 1. The number of aromatic hydroxyl groups is 1. The van der Waals surface area contributed by atoms with Crippen LogP contribution in [0.4, 0.5) is 9.18 Å². The van der Waals surface area contributed by atoms with E-state index in [1.54, 1.807) is 27.7 Å².